The third kappa shape index (κ3) is 1.95. The Bertz CT molecular complexity index is 257. The van der Waals surface area contributed by atoms with Crippen molar-refractivity contribution in [1.82, 2.24) is 10.6 Å². The van der Waals surface area contributed by atoms with Gasteiger partial charge in [0, 0.05) is 17.3 Å². The molecule has 0 radical (unpaired) electrons. The first-order valence-electron chi connectivity index (χ1n) is 4.42. The van der Waals surface area contributed by atoms with Crippen molar-refractivity contribution in [3.8, 4) is 0 Å². The van der Waals surface area contributed by atoms with Gasteiger partial charge < -0.3 is 10.6 Å². The molecule has 2 N–H and O–H groups in total. The van der Waals surface area contributed by atoms with Crippen LogP contribution in [-0.4, -0.2) is 21.5 Å². The van der Waals surface area contributed by atoms with E-state index in [0.717, 1.165) is 24.3 Å². The summed E-state index contributed by atoms with van der Waals surface area (Å²) in [5.74, 6) is 0.373. The van der Waals surface area contributed by atoms with Gasteiger partial charge in [0.15, 0.2) is 5.11 Å². The standard InChI is InChI=1S/C8H11ClN2S2/c9-4-1-2-6-5(3-4)7(12)11-8(13)10-6/h4-6H,1-3H2,(H2,10,11,12,13). The Morgan fingerprint density at radius 2 is 2.08 bits per heavy atom. The largest absolute Gasteiger partial charge is 0.359 e. The van der Waals surface area contributed by atoms with Crippen LogP contribution in [0, 0.1) is 5.92 Å². The molecule has 0 aromatic rings. The molecule has 5 heteroatoms. The molecule has 1 saturated heterocycles. The van der Waals surface area contributed by atoms with Crippen molar-refractivity contribution in [2.24, 2.45) is 5.92 Å². The maximum Gasteiger partial charge on any atom is 0.171 e. The summed E-state index contributed by atoms with van der Waals surface area (Å²) in [6.45, 7) is 0. The molecule has 1 aliphatic heterocycles. The molecule has 0 aromatic heterocycles. The van der Waals surface area contributed by atoms with Gasteiger partial charge in [0.25, 0.3) is 0 Å². The maximum atomic E-state index is 6.09. The van der Waals surface area contributed by atoms with Gasteiger partial charge in [0.1, 0.15) is 0 Å². The third-order valence-corrected chi connectivity index (χ3v) is 3.70. The minimum absolute atomic E-state index is 0.273. The van der Waals surface area contributed by atoms with Gasteiger partial charge in [0.05, 0.1) is 4.99 Å². The lowest BCUT2D eigenvalue weighted by atomic mass is 9.83. The van der Waals surface area contributed by atoms with Gasteiger partial charge in [-0.1, -0.05) is 12.2 Å². The van der Waals surface area contributed by atoms with Gasteiger partial charge >= 0.3 is 0 Å². The van der Waals surface area contributed by atoms with E-state index in [0.29, 0.717) is 17.1 Å². The zero-order valence-electron chi connectivity index (χ0n) is 7.05. The van der Waals surface area contributed by atoms with Crippen LogP contribution in [0.1, 0.15) is 19.3 Å². The summed E-state index contributed by atoms with van der Waals surface area (Å²) in [5.41, 5.74) is 0. The van der Waals surface area contributed by atoms with Crippen LogP contribution in [0.3, 0.4) is 0 Å². The predicted molar refractivity (Wildman–Crippen MR) is 62.2 cm³/mol. The van der Waals surface area contributed by atoms with Crippen LogP contribution in [0.4, 0.5) is 0 Å². The van der Waals surface area contributed by atoms with Crippen molar-refractivity contribution in [1.29, 1.82) is 0 Å². The summed E-state index contributed by atoms with van der Waals surface area (Å²) in [7, 11) is 0. The van der Waals surface area contributed by atoms with Crippen LogP contribution in [0.15, 0.2) is 0 Å². The number of hydrogen-bond acceptors (Lipinski definition) is 2. The molecular formula is C8H11ClN2S2. The number of alkyl halides is 1. The van der Waals surface area contributed by atoms with Crippen molar-refractivity contribution in [2.75, 3.05) is 0 Å². The molecule has 0 bridgehead atoms. The Kier molecular flexibility index (Phi) is 2.72. The summed E-state index contributed by atoms with van der Waals surface area (Å²) < 4.78 is 0. The van der Waals surface area contributed by atoms with E-state index in [1.807, 2.05) is 0 Å². The van der Waals surface area contributed by atoms with E-state index in [1.165, 1.54) is 0 Å². The highest BCUT2D eigenvalue weighted by Gasteiger charge is 2.35. The van der Waals surface area contributed by atoms with Crippen LogP contribution >= 0.6 is 36.0 Å². The second-order valence-electron chi connectivity index (χ2n) is 3.59. The smallest absolute Gasteiger partial charge is 0.171 e. The average molecular weight is 235 g/mol. The third-order valence-electron chi connectivity index (χ3n) is 2.68. The Labute approximate surface area is 93.4 Å². The lowest BCUT2D eigenvalue weighted by Crippen LogP contribution is -2.59. The number of hydrogen-bond donors (Lipinski definition) is 2. The Morgan fingerprint density at radius 3 is 2.85 bits per heavy atom. The molecule has 1 heterocycles. The number of thiocarbonyl (C=S) groups is 2. The summed E-state index contributed by atoms with van der Waals surface area (Å²) >= 11 is 16.4. The number of fused-ring (bicyclic) bond motifs is 1. The second-order valence-corrected chi connectivity index (χ2v) is 5.05. The quantitative estimate of drug-likeness (QED) is 0.491. The summed E-state index contributed by atoms with van der Waals surface area (Å²) in [6, 6.07) is 0.413. The lowest BCUT2D eigenvalue weighted by molar-refractivity contribution is 0.350. The minimum atomic E-state index is 0.273. The van der Waals surface area contributed by atoms with Crippen molar-refractivity contribution >= 4 is 46.1 Å². The van der Waals surface area contributed by atoms with E-state index in [4.69, 9.17) is 36.0 Å². The van der Waals surface area contributed by atoms with Gasteiger partial charge in [0.2, 0.25) is 0 Å². The maximum absolute atomic E-state index is 6.09. The molecule has 3 unspecified atom stereocenters. The van der Waals surface area contributed by atoms with Crippen molar-refractivity contribution in [2.45, 2.75) is 30.7 Å². The van der Waals surface area contributed by atoms with Crippen molar-refractivity contribution < 1.29 is 0 Å². The summed E-state index contributed by atoms with van der Waals surface area (Å²) in [5, 5.41) is 7.17. The van der Waals surface area contributed by atoms with E-state index in [-0.39, 0.29) is 5.38 Å². The van der Waals surface area contributed by atoms with Crippen LogP contribution < -0.4 is 10.6 Å². The Hall–Kier alpha value is 0.0700. The predicted octanol–water partition coefficient (Wildman–Crippen LogP) is 1.57. The van der Waals surface area contributed by atoms with Gasteiger partial charge in [-0.3, -0.25) is 0 Å². The van der Waals surface area contributed by atoms with Crippen LogP contribution in [0.5, 0.6) is 0 Å². The van der Waals surface area contributed by atoms with Crippen LogP contribution in [0.2, 0.25) is 0 Å². The number of halogens is 1. The van der Waals surface area contributed by atoms with E-state index >= 15 is 0 Å². The van der Waals surface area contributed by atoms with Gasteiger partial charge in [-0.2, -0.15) is 0 Å². The minimum Gasteiger partial charge on any atom is -0.359 e. The molecule has 0 spiro atoms. The number of rotatable bonds is 0. The molecule has 2 fully saturated rings. The molecule has 0 aromatic carbocycles. The highest BCUT2D eigenvalue weighted by atomic mass is 35.5. The SMILES string of the molecule is S=C1NC(=S)C2CC(Cl)CCC2N1. The Morgan fingerprint density at radius 1 is 1.31 bits per heavy atom. The molecule has 2 nitrogen and oxygen atoms in total. The van der Waals surface area contributed by atoms with E-state index in [9.17, 15) is 0 Å². The fraction of sp³-hybridized carbons (Fsp3) is 0.750. The fourth-order valence-electron chi connectivity index (χ4n) is 1.99. The highest BCUT2D eigenvalue weighted by Crippen LogP contribution is 2.30. The fourth-order valence-corrected chi connectivity index (χ4v) is 3.00. The highest BCUT2D eigenvalue weighted by molar-refractivity contribution is 7.82. The van der Waals surface area contributed by atoms with Gasteiger partial charge in [-0.15, -0.1) is 11.6 Å². The molecule has 1 saturated carbocycles. The normalized spacial score (nSPS) is 39.0. The zero-order chi connectivity index (χ0) is 9.42. The van der Waals surface area contributed by atoms with Crippen LogP contribution in [0.25, 0.3) is 0 Å². The molecule has 72 valence electrons. The van der Waals surface area contributed by atoms with E-state index < -0.39 is 0 Å². The molecule has 1 aliphatic carbocycles. The van der Waals surface area contributed by atoms with Gasteiger partial charge in [-0.05, 0) is 31.5 Å². The summed E-state index contributed by atoms with van der Waals surface area (Å²) in [4.78, 5) is 0.860. The molecule has 0 amide bonds. The van der Waals surface area contributed by atoms with Gasteiger partial charge in [-0.25, -0.2) is 0 Å². The first-order chi connectivity index (χ1) is 6.16. The topological polar surface area (TPSA) is 24.1 Å². The first-order valence-corrected chi connectivity index (χ1v) is 5.67. The molecular weight excluding hydrogens is 224 g/mol. The molecule has 13 heavy (non-hydrogen) atoms. The monoisotopic (exact) mass is 234 g/mol. The number of nitrogens with one attached hydrogen (secondary N) is 2. The Balaban J connectivity index is 2.11. The zero-order valence-corrected chi connectivity index (χ0v) is 9.44. The van der Waals surface area contributed by atoms with Crippen molar-refractivity contribution in [3.63, 3.8) is 0 Å². The van der Waals surface area contributed by atoms with Crippen LogP contribution in [-0.2, 0) is 0 Å². The summed E-state index contributed by atoms with van der Waals surface area (Å²) in [6.07, 6.45) is 3.09. The average Bonchev–Trinajstić information content (AvgIpc) is 2.06. The lowest BCUT2D eigenvalue weighted by Gasteiger charge is -2.39. The molecule has 3 atom stereocenters. The van der Waals surface area contributed by atoms with E-state index in [1.54, 1.807) is 0 Å². The van der Waals surface area contributed by atoms with E-state index in [2.05, 4.69) is 10.6 Å². The second kappa shape index (κ2) is 3.67. The van der Waals surface area contributed by atoms with Crippen molar-refractivity contribution in [3.05, 3.63) is 0 Å². The molecule has 2 aliphatic rings. The molecule has 2 rings (SSSR count). The first kappa shape index (κ1) is 9.62.